The summed E-state index contributed by atoms with van der Waals surface area (Å²) in [6, 6.07) is 17.0. The van der Waals surface area contributed by atoms with Crippen LogP contribution in [0, 0.1) is 5.92 Å². The molecule has 2 aromatic carbocycles. The summed E-state index contributed by atoms with van der Waals surface area (Å²) in [4.78, 5) is 53.3. The molecule has 2 N–H and O–H groups in total. The minimum Gasteiger partial charge on any atom is -0.489 e. The Kier molecular flexibility index (Phi) is 5.55. The number of nitrogens with zero attached hydrogens (tertiary/aromatic N) is 1. The van der Waals surface area contributed by atoms with Crippen LogP contribution < -0.4 is 9.61 Å². The lowest BCUT2D eigenvalue weighted by Crippen LogP contribution is -2.36. The highest BCUT2D eigenvalue weighted by molar-refractivity contribution is 8.00. The van der Waals surface area contributed by atoms with Crippen molar-refractivity contribution in [2.45, 2.75) is 22.8 Å². The van der Waals surface area contributed by atoms with E-state index in [1.165, 1.54) is 0 Å². The number of aromatic nitrogens is 1. The molecule has 3 atom stereocenters. The summed E-state index contributed by atoms with van der Waals surface area (Å²) >= 11 is 2.13. The first-order chi connectivity index (χ1) is 15.9. The highest BCUT2D eigenvalue weighted by atomic mass is 32.2. The number of thiazole rings is 1. The number of likely N-dealkylation sites (tertiary alicyclic amines) is 1. The first-order valence-electron chi connectivity index (χ1n) is 10.2. The van der Waals surface area contributed by atoms with E-state index in [4.69, 9.17) is 9.84 Å². The summed E-state index contributed by atoms with van der Waals surface area (Å²) in [7, 11) is 0. The van der Waals surface area contributed by atoms with Gasteiger partial charge in [0.1, 0.15) is 24.2 Å². The van der Waals surface area contributed by atoms with E-state index in [0.29, 0.717) is 22.3 Å². The Morgan fingerprint density at radius 2 is 1.76 bits per heavy atom. The normalized spacial score (nSPS) is 21.6. The van der Waals surface area contributed by atoms with Crippen molar-refractivity contribution in [3.05, 3.63) is 80.3 Å². The van der Waals surface area contributed by atoms with Crippen LogP contribution in [0.2, 0.25) is 0 Å². The molecule has 0 radical (unpaired) electrons. The molecule has 3 heterocycles. The Labute approximate surface area is 196 Å². The number of imide groups is 1. The average molecular weight is 483 g/mol. The Hall–Kier alpha value is -3.37. The van der Waals surface area contributed by atoms with Gasteiger partial charge in [0.25, 0.3) is 0 Å². The predicted molar refractivity (Wildman–Crippen MR) is 121 cm³/mol. The Morgan fingerprint density at radius 3 is 2.45 bits per heavy atom. The monoisotopic (exact) mass is 482 g/mol. The molecular formula is C23H18N2O6S2. The molecule has 5 rings (SSSR count). The van der Waals surface area contributed by atoms with Gasteiger partial charge in [-0.05, 0) is 23.3 Å². The van der Waals surface area contributed by atoms with Crippen molar-refractivity contribution in [3.8, 4) is 5.75 Å². The van der Waals surface area contributed by atoms with Crippen molar-refractivity contribution in [2.24, 2.45) is 5.92 Å². The fraction of sp³-hybridized carbons (Fsp3) is 0.217. The van der Waals surface area contributed by atoms with Crippen molar-refractivity contribution in [3.63, 3.8) is 0 Å². The van der Waals surface area contributed by atoms with E-state index < -0.39 is 41.4 Å². The molecule has 8 nitrogen and oxygen atoms in total. The number of thioether (sulfide) groups is 1. The molecule has 10 heteroatoms. The Bertz CT molecular complexity index is 1280. The molecule has 33 heavy (non-hydrogen) atoms. The predicted octanol–water partition coefficient (Wildman–Crippen LogP) is 2.69. The van der Waals surface area contributed by atoms with Crippen LogP contribution in [0.15, 0.2) is 64.4 Å². The number of aromatic amines is 1. The fourth-order valence-corrected chi connectivity index (χ4v) is 6.77. The van der Waals surface area contributed by atoms with Gasteiger partial charge in [-0.25, -0.2) is 0 Å². The molecule has 0 spiro atoms. The lowest BCUT2D eigenvalue weighted by Gasteiger charge is -2.29. The van der Waals surface area contributed by atoms with Crippen molar-refractivity contribution in [1.82, 2.24) is 9.88 Å². The van der Waals surface area contributed by atoms with E-state index >= 15 is 0 Å². The summed E-state index contributed by atoms with van der Waals surface area (Å²) in [6.45, 7) is -0.264. The number of nitrogens with one attached hydrogen (secondary N) is 1. The first kappa shape index (κ1) is 21.5. The third kappa shape index (κ3) is 3.96. The first-order valence-corrected chi connectivity index (χ1v) is 11.9. The molecule has 0 bridgehead atoms. The highest BCUT2D eigenvalue weighted by Crippen LogP contribution is 2.52. The summed E-state index contributed by atoms with van der Waals surface area (Å²) < 4.78 is 5.84. The molecule has 2 aliphatic rings. The molecule has 2 amide bonds. The number of amides is 2. The van der Waals surface area contributed by atoms with Crippen LogP contribution in [0.1, 0.15) is 21.9 Å². The number of hydrogen-bond acceptors (Lipinski definition) is 7. The van der Waals surface area contributed by atoms with Crippen LogP contribution in [0.3, 0.4) is 0 Å². The number of carboxylic acids is 1. The SMILES string of the molecule is O=C(O)CN1C(=O)C2Sc3[nH]c(=O)sc3[C@@H](c3ccc(OCc4ccccc4)cc3)C2C1=O. The van der Waals surface area contributed by atoms with Crippen LogP contribution in [-0.4, -0.2) is 44.6 Å². The number of benzene rings is 2. The van der Waals surface area contributed by atoms with Crippen LogP contribution in [0.4, 0.5) is 0 Å². The van der Waals surface area contributed by atoms with Crippen molar-refractivity contribution >= 4 is 40.9 Å². The van der Waals surface area contributed by atoms with Gasteiger partial charge in [-0.15, -0.1) is 0 Å². The van der Waals surface area contributed by atoms with Crippen LogP contribution in [0.5, 0.6) is 5.75 Å². The van der Waals surface area contributed by atoms with Crippen LogP contribution in [-0.2, 0) is 21.0 Å². The summed E-state index contributed by atoms with van der Waals surface area (Å²) in [6.07, 6.45) is 0. The number of carbonyl (C=O) groups is 3. The maximum Gasteiger partial charge on any atom is 0.323 e. The lowest BCUT2D eigenvalue weighted by atomic mass is 9.83. The van der Waals surface area contributed by atoms with Crippen LogP contribution >= 0.6 is 23.1 Å². The van der Waals surface area contributed by atoms with E-state index in [1.807, 2.05) is 42.5 Å². The molecule has 0 saturated carbocycles. The molecule has 1 saturated heterocycles. The number of fused-ring (bicyclic) bond motifs is 2. The van der Waals surface area contributed by atoms with Gasteiger partial charge < -0.3 is 14.8 Å². The largest absolute Gasteiger partial charge is 0.489 e. The van der Waals surface area contributed by atoms with E-state index in [9.17, 15) is 19.2 Å². The van der Waals surface area contributed by atoms with Gasteiger partial charge in [-0.3, -0.25) is 24.1 Å². The minimum atomic E-state index is -1.25. The van der Waals surface area contributed by atoms with Gasteiger partial charge in [0.05, 0.1) is 10.9 Å². The molecule has 2 aliphatic heterocycles. The molecule has 1 aromatic heterocycles. The van der Waals surface area contributed by atoms with Gasteiger partial charge >= 0.3 is 10.8 Å². The fourth-order valence-electron chi connectivity index (χ4n) is 4.24. The van der Waals surface area contributed by atoms with E-state index in [-0.39, 0.29) is 4.87 Å². The van der Waals surface area contributed by atoms with Crippen molar-refractivity contribution < 1.29 is 24.2 Å². The molecular weight excluding hydrogens is 464 g/mol. The maximum atomic E-state index is 13.1. The lowest BCUT2D eigenvalue weighted by molar-refractivity contribution is -0.149. The van der Waals surface area contributed by atoms with Gasteiger partial charge in [0.15, 0.2) is 0 Å². The van der Waals surface area contributed by atoms with Crippen molar-refractivity contribution in [1.29, 1.82) is 0 Å². The summed E-state index contributed by atoms with van der Waals surface area (Å²) in [5.74, 6) is -2.98. The number of rotatable bonds is 6. The van der Waals surface area contributed by atoms with E-state index in [1.54, 1.807) is 12.1 Å². The zero-order valence-corrected chi connectivity index (χ0v) is 18.7. The van der Waals surface area contributed by atoms with Crippen LogP contribution in [0.25, 0.3) is 0 Å². The summed E-state index contributed by atoms with van der Waals surface area (Å²) in [5, 5.41) is 8.92. The second-order valence-electron chi connectivity index (χ2n) is 7.75. The van der Waals surface area contributed by atoms with Gasteiger partial charge in [-0.1, -0.05) is 65.6 Å². The number of hydrogen-bond donors (Lipinski definition) is 2. The number of carboxylic acid groups (broad SMARTS) is 1. The Balaban J connectivity index is 1.46. The van der Waals surface area contributed by atoms with Gasteiger partial charge in [0, 0.05) is 10.8 Å². The second-order valence-corrected chi connectivity index (χ2v) is 9.92. The molecule has 168 valence electrons. The summed E-state index contributed by atoms with van der Waals surface area (Å²) in [5.41, 5.74) is 1.79. The highest BCUT2D eigenvalue weighted by Gasteiger charge is 2.56. The average Bonchev–Trinajstić information content (AvgIpc) is 3.29. The molecule has 1 fully saturated rings. The minimum absolute atomic E-state index is 0.262. The number of aliphatic carboxylic acids is 1. The number of ether oxygens (including phenoxy) is 1. The Morgan fingerprint density at radius 1 is 1.03 bits per heavy atom. The third-order valence-corrected chi connectivity index (χ3v) is 8.10. The molecule has 2 unspecified atom stereocenters. The maximum absolute atomic E-state index is 13.1. The zero-order valence-electron chi connectivity index (χ0n) is 17.1. The van der Waals surface area contributed by atoms with Crippen molar-refractivity contribution in [2.75, 3.05) is 6.54 Å². The molecule has 0 aliphatic carbocycles. The van der Waals surface area contributed by atoms with E-state index in [0.717, 1.165) is 39.1 Å². The topological polar surface area (TPSA) is 117 Å². The smallest absolute Gasteiger partial charge is 0.323 e. The quantitative estimate of drug-likeness (QED) is 0.519. The molecule has 3 aromatic rings. The van der Waals surface area contributed by atoms with Gasteiger partial charge in [0.2, 0.25) is 11.8 Å². The van der Waals surface area contributed by atoms with Gasteiger partial charge in [-0.2, -0.15) is 0 Å². The third-order valence-electron chi connectivity index (χ3n) is 5.70. The zero-order chi connectivity index (χ0) is 23.1. The number of H-pyrrole nitrogens is 1. The second kappa shape index (κ2) is 8.53. The van der Waals surface area contributed by atoms with E-state index in [2.05, 4.69) is 4.98 Å². The standard InChI is InChI=1S/C23H18N2O6S2/c26-15(27)10-25-21(28)17-16(18-20(24-23(30)33-18)32-19(17)22(25)29)13-6-8-14(9-7-13)31-11-12-4-2-1-3-5-12/h1-9,16-17,19H,10-11H2,(H,24,30)(H,26,27)/t16-,17?,19?/m0/s1. The number of carbonyl (C=O) groups excluding carboxylic acids is 2.